The summed E-state index contributed by atoms with van der Waals surface area (Å²) in [5, 5.41) is 20.7. The first-order chi connectivity index (χ1) is 6.78. The third-order valence-electron chi connectivity index (χ3n) is 2.32. The van der Waals surface area contributed by atoms with Gasteiger partial charge in [0.15, 0.2) is 11.5 Å². The zero-order valence-corrected chi connectivity index (χ0v) is 7.25. The molecule has 2 aliphatic rings. The lowest BCUT2D eigenvalue weighted by molar-refractivity contribution is 0.161. The van der Waals surface area contributed by atoms with Crippen molar-refractivity contribution < 1.29 is 5.11 Å². The summed E-state index contributed by atoms with van der Waals surface area (Å²) in [4.78, 5) is 0. The highest BCUT2D eigenvalue weighted by molar-refractivity contribution is 5.61. The average Bonchev–Trinajstić information content (AvgIpc) is 2.59. The van der Waals surface area contributed by atoms with Crippen LogP contribution in [0, 0.1) is 0 Å². The summed E-state index contributed by atoms with van der Waals surface area (Å²) in [5.74, 6) is 0.677. The van der Waals surface area contributed by atoms with Crippen LogP contribution in [0.3, 0.4) is 0 Å². The number of aliphatic hydroxyl groups is 1. The van der Waals surface area contributed by atoms with Crippen molar-refractivity contribution in [2.24, 2.45) is 0 Å². The molecular formula is C9H8N4O. The summed E-state index contributed by atoms with van der Waals surface area (Å²) in [6, 6.07) is 0. The Hall–Kier alpha value is -1.88. The molecule has 0 fully saturated rings. The predicted molar refractivity (Wildman–Crippen MR) is 51.1 cm³/mol. The van der Waals surface area contributed by atoms with E-state index in [1.807, 2.05) is 12.2 Å². The molecule has 2 N–H and O–H groups in total. The highest BCUT2D eigenvalue weighted by atomic mass is 16.3. The zero-order valence-electron chi connectivity index (χ0n) is 7.25. The van der Waals surface area contributed by atoms with Gasteiger partial charge in [-0.2, -0.15) is 0 Å². The molecule has 0 aromatic carbocycles. The zero-order chi connectivity index (χ0) is 9.60. The molecule has 5 heteroatoms. The summed E-state index contributed by atoms with van der Waals surface area (Å²) in [7, 11) is 0. The van der Waals surface area contributed by atoms with Gasteiger partial charge in [-0.25, -0.2) is 4.68 Å². The second-order valence-electron chi connectivity index (χ2n) is 3.26. The van der Waals surface area contributed by atoms with Crippen LogP contribution in [0.1, 0.15) is 0 Å². The lowest BCUT2D eigenvalue weighted by atomic mass is 9.97. The smallest absolute Gasteiger partial charge is 0.184 e. The number of anilines is 1. The lowest BCUT2D eigenvalue weighted by Crippen LogP contribution is -2.41. The number of hydrogen-bond donors (Lipinski definition) is 2. The van der Waals surface area contributed by atoms with Crippen LogP contribution in [0.5, 0.6) is 0 Å². The molecule has 2 heterocycles. The van der Waals surface area contributed by atoms with Gasteiger partial charge in [0.05, 0.1) is 6.20 Å². The molecule has 0 amide bonds. The van der Waals surface area contributed by atoms with Crippen LogP contribution in [0.4, 0.5) is 5.82 Å². The van der Waals surface area contributed by atoms with Crippen molar-refractivity contribution in [3.05, 3.63) is 36.1 Å². The molecule has 0 radical (unpaired) electrons. The second-order valence-corrected chi connectivity index (χ2v) is 3.26. The number of aromatic nitrogens is 3. The standard InChI is InChI=1S/C9H8N4O/c14-9-4-2-1-3-7(9)6-13-8(11-9)5-10-12-13/h1-6,11,14H. The van der Waals surface area contributed by atoms with Gasteiger partial charge in [-0.3, -0.25) is 0 Å². The molecular weight excluding hydrogens is 180 g/mol. The Morgan fingerprint density at radius 3 is 3.29 bits per heavy atom. The van der Waals surface area contributed by atoms with Crippen molar-refractivity contribution in [3.8, 4) is 0 Å². The van der Waals surface area contributed by atoms with E-state index in [4.69, 9.17) is 0 Å². The summed E-state index contributed by atoms with van der Waals surface area (Å²) in [5.41, 5.74) is -0.370. The van der Waals surface area contributed by atoms with Crippen LogP contribution in [-0.4, -0.2) is 25.8 Å². The van der Waals surface area contributed by atoms with Gasteiger partial charge in [0, 0.05) is 11.8 Å². The van der Waals surface area contributed by atoms with E-state index in [0.29, 0.717) is 5.82 Å². The summed E-state index contributed by atoms with van der Waals surface area (Å²) < 4.78 is 1.59. The van der Waals surface area contributed by atoms with E-state index in [-0.39, 0.29) is 0 Å². The van der Waals surface area contributed by atoms with Gasteiger partial charge in [-0.15, -0.1) is 5.10 Å². The molecule has 1 aromatic heterocycles. The van der Waals surface area contributed by atoms with Gasteiger partial charge >= 0.3 is 0 Å². The summed E-state index contributed by atoms with van der Waals surface area (Å²) >= 11 is 0. The van der Waals surface area contributed by atoms with E-state index >= 15 is 0 Å². The Morgan fingerprint density at radius 2 is 2.36 bits per heavy atom. The van der Waals surface area contributed by atoms with E-state index in [9.17, 15) is 5.11 Å². The van der Waals surface area contributed by atoms with Crippen LogP contribution in [0.2, 0.25) is 0 Å². The lowest BCUT2D eigenvalue weighted by Gasteiger charge is -2.32. The monoisotopic (exact) mass is 188 g/mol. The quantitative estimate of drug-likeness (QED) is 0.617. The van der Waals surface area contributed by atoms with E-state index in [1.54, 1.807) is 29.2 Å². The fourth-order valence-electron chi connectivity index (χ4n) is 1.59. The second kappa shape index (κ2) is 2.33. The van der Waals surface area contributed by atoms with Gasteiger partial charge in [0.25, 0.3) is 0 Å². The summed E-state index contributed by atoms with van der Waals surface area (Å²) in [6.45, 7) is 0. The fraction of sp³-hybridized carbons (Fsp3) is 0.111. The topological polar surface area (TPSA) is 63.0 Å². The number of nitrogens with zero attached hydrogens (tertiary/aromatic N) is 3. The van der Waals surface area contributed by atoms with Crippen molar-refractivity contribution in [1.82, 2.24) is 15.0 Å². The Balaban J connectivity index is 2.19. The fourth-order valence-corrected chi connectivity index (χ4v) is 1.59. The van der Waals surface area contributed by atoms with Crippen molar-refractivity contribution in [1.29, 1.82) is 0 Å². The van der Waals surface area contributed by atoms with Gasteiger partial charge in [0.2, 0.25) is 0 Å². The van der Waals surface area contributed by atoms with Crippen LogP contribution >= 0.6 is 0 Å². The molecule has 70 valence electrons. The number of nitrogens with one attached hydrogen (secondary N) is 1. The van der Waals surface area contributed by atoms with E-state index in [2.05, 4.69) is 15.6 Å². The molecule has 1 atom stereocenters. The number of fused-ring (bicyclic) bond motifs is 2. The Labute approximate surface area is 80.0 Å². The molecule has 0 saturated heterocycles. The van der Waals surface area contributed by atoms with E-state index in [0.717, 1.165) is 5.57 Å². The maximum absolute atomic E-state index is 10.2. The van der Waals surface area contributed by atoms with Crippen molar-refractivity contribution in [3.63, 3.8) is 0 Å². The van der Waals surface area contributed by atoms with Gasteiger partial charge < -0.3 is 10.4 Å². The first kappa shape index (κ1) is 7.52. The number of rotatable bonds is 0. The largest absolute Gasteiger partial charge is 0.364 e. The SMILES string of the molecule is OC12C=CC=CC1=Cn1nncc1N2. The van der Waals surface area contributed by atoms with Gasteiger partial charge in [-0.05, 0) is 6.08 Å². The average molecular weight is 188 g/mol. The van der Waals surface area contributed by atoms with Crippen LogP contribution in [-0.2, 0) is 0 Å². The van der Waals surface area contributed by atoms with Crippen LogP contribution in [0.15, 0.2) is 36.1 Å². The maximum Gasteiger partial charge on any atom is 0.184 e. The van der Waals surface area contributed by atoms with Crippen LogP contribution < -0.4 is 5.32 Å². The molecule has 5 nitrogen and oxygen atoms in total. The van der Waals surface area contributed by atoms with Crippen LogP contribution in [0.25, 0.3) is 6.20 Å². The molecule has 1 aromatic rings. The minimum absolute atomic E-state index is 0.677. The molecule has 3 rings (SSSR count). The molecule has 0 bridgehead atoms. The first-order valence-corrected chi connectivity index (χ1v) is 4.27. The maximum atomic E-state index is 10.2. The Morgan fingerprint density at radius 1 is 1.43 bits per heavy atom. The van der Waals surface area contributed by atoms with Gasteiger partial charge in [0.1, 0.15) is 0 Å². The molecule has 0 saturated carbocycles. The number of allylic oxidation sites excluding steroid dienone is 2. The summed E-state index contributed by atoms with van der Waals surface area (Å²) in [6.07, 6.45) is 10.5. The van der Waals surface area contributed by atoms with Crippen molar-refractivity contribution in [2.75, 3.05) is 5.32 Å². The highest BCUT2D eigenvalue weighted by Crippen LogP contribution is 2.30. The van der Waals surface area contributed by atoms with Crippen molar-refractivity contribution in [2.45, 2.75) is 5.72 Å². The predicted octanol–water partition coefficient (Wildman–Crippen LogP) is 0.359. The molecule has 1 unspecified atom stereocenters. The highest BCUT2D eigenvalue weighted by Gasteiger charge is 2.33. The molecule has 1 aliphatic carbocycles. The van der Waals surface area contributed by atoms with E-state index in [1.165, 1.54) is 0 Å². The van der Waals surface area contributed by atoms with Gasteiger partial charge in [-0.1, -0.05) is 23.4 Å². The Kier molecular flexibility index (Phi) is 1.25. The third kappa shape index (κ3) is 0.869. The van der Waals surface area contributed by atoms with E-state index < -0.39 is 5.72 Å². The molecule has 1 aliphatic heterocycles. The third-order valence-corrected chi connectivity index (χ3v) is 2.32. The number of hydrogen-bond acceptors (Lipinski definition) is 4. The Bertz CT molecular complexity index is 471. The minimum atomic E-state index is -1.12. The normalized spacial score (nSPS) is 27.6. The van der Waals surface area contributed by atoms with Crippen molar-refractivity contribution >= 4 is 12.0 Å². The first-order valence-electron chi connectivity index (χ1n) is 4.27. The minimum Gasteiger partial charge on any atom is -0.364 e. The molecule has 14 heavy (non-hydrogen) atoms. The molecule has 0 spiro atoms.